The predicted molar refractivity (Wildman–Crippen MR) is 56.4 cm³/mol. The number of Topliss-reactive ketones (excluding diaryl/α,β-unsaturated/α-hetero) is 1. The fourth-order valence-electron chi connectivity index (χ4n) is 1.33. The Kier molecular flexibility index (Phi) is 2.90. The van der Waals surface area contributed by atoms with E-state index in [1.165, 1.54) is 31.5 Å². The lowest BCUT2D eigenvalue weighted by atomic mass is 10.2. The maximum Gasteiger partial charge on any atom is 0.435 e. The number of halogens is 3. The van der Waals surface area contributed by atoms with Crippen molar-refractivity contribution in [3.05, 3.63) is 41.9 Å². The Balaban J connectivity index is 2.32. The molecule has 0 saturated carbocycles. The van der Waals surface area contributed by atoms with Crippen LogP contribution < -0.4 is 0 Å². The number of ketones is 1. The molecule has 0 spiro atoms. The number of nitrogens with zero attached hydrogens (tertiary/aromatic N) is 3. The molecule has 7 heteroatoms. The monoisotopic (exact) mass is 255 g/mol. The Morgan fingerprint density at radius 1 is 1.28 bits per heavy atom. The fraction of sp³-hybridized carbons (Fsp3) is 0.182. The molecule has 0 fully saturated rings. The Hall–Kier alpha value is -2.18. The van der Waals surface area contributed by atoms with Crippen LogP contribution in [0.25, 0.3) is 5.82 Å². The van der Waals surface area contributed by atoms with E-state index in [0.717, 1.165) is 10.7 Å². The molecule has 4 nitrogen and oxygen atoms in total. The summed E-state index contributed by atoms with van der Waals surface area (Å²) >= 11 is 0. The molecule has 2 aromatic rings. The van der Waals surface area contributed by atoms with Crippen LogP contribution in [0.1, 0.15) is 23.0 Å². The zero-order valence-corrected chi connectivity index (χ0v) is 9.27. The lowest BCUT2D eigenvalue weighted by molar-refractivity contribution is -0.141. The smallest absolute Gasteiger partial charge is 0.294 e. The van der Waals surface area contributed by atoms with E-state index < -0.39 is 11.9 Å². The van der Waals surface area contributed by atoms with Crippen LogP contribution in [0, 0.1) is 0 Å². The van der Waals surface area contributed by atoms with E-state index in [9.17, 15) is 18.0 Å². The van der Waals surface area contributed by atoms with Gasteiger partial charge in [0.05, 0.1) is 0 Å². The fourth-order valence-corrected chi connectivity index (χ4v) is 1.33. The van der Waals surface area contributed by atoms with Crippen LogP contribution in [0.2, 0.25) is 0 Å². The van der Waals surface area contributed by atoms with E-state index >= 15 is 0 Å². The number of pyridine rings is 1. The van der Waals surface area contributed by atoms with Gasteiger partial charge in [0.2, 0.25) is 0 Å². The second-order valence-corrected chi connectivity index (χ2v) is 3.60. The molecular formula is C11H8F3N3O. The molecule has 0 saturated heterocycles. The summed E-state index contributed by atoms with van der Waals surface area (Å²) in [5.74, 6) is 0.0565. The maximum atomic E-state index is 12.3. The number of carbonyl (C=O) groups excluding carboxylic acids is 1. The maximum absolute atomic E-state index is 12.3. The Bertz CT molecular complexity index is 572. The van der Waals surface area contributed by atoms with Crippen LogP contribution in [0.15, 0.2) is 30.6 Å². The quantitative estimate of drug-likeness (QED) is 0.774. The molecule has 0 aliphatic heterocycles. The molecule has 0 aliphatic rings. The van der Waals surface area contributed by atoms with Crippen LogP contribution in [0.4, 0.5) is 13.2 Å². The first-order chi connectivity index (χ1) is 8.38. The molecule has 18 heavy (non-hydrogen) atoms. The Morgan fingerprint density at radius 2 is 2.00 bits per heavy atom. The number of aromatic nitrogens is 3. The Morgan fingerprint density at radius 3 is 2.44 bits per heavy atom. The third-order valence-electron chi connectivity index (χ3n) is 2.27. The average molecular weight is 255 g/mol. The minimum absolute atomic E-state index is 0.162. The summed E-state index contributed by atoms with van der Waals surface area (Å²) in [6, 6.07) is 3.78. The Labute approximate surface area is 100 Å². The molecule has 0 amide bonds. The molecule has 94 valence electrons. The lowest BCUT2D eigenvalue weighted by Crippen LogP contribution is -2.08. The van der Waals surface area contributed by atoms with Gasteiger partial charge in [-0.3, -0.25) is 4.79 Å². The summed E-state index contributed by atoms with van der Waals surface area (Å²) in [6.07, 6.45) is -2.02. The summed E-state index contributed by atoms with van der Waals surface area (Å²) in [7, 11) is 0. The van der Waals surface area contributed by atoms with Crippen LogP contribution in [-0.2, 0) is 6.18 Å². The molecule has 2 rings (SSSR count). The number of hydrogen-bond acceptors (Lipinski definition) is 3. The van der Waals surface area contributed by atoms with Crippen LogP contribution in [0.3, 0.4) is 0 Å². The van der Waals surface area contributed by atoms with Gasteiger partial charge in [0, 0.05) is 18.0 Å². The van der Waals surface area contributed by atoms with Crippen molar-refractivity contribution >= 4 is 5.78 Å². The van der Waals surface area contributed by atoms with Gasteiger partial charge in [-0.05, 0) is 25.1 Å². The van der Waals surface area contributed by atoms with Gasteiger partial charge in [-0.1, -0.05) is 0 Å². The van der Waals surface area contributed by atoms with Crippen molar-refractivity contribution in [3.8, 4) is 5.82 Å². The van der Waals surface area contributed by atoms with E-state index in [1.54, 1.807) is 0 Å². The number of hydrogen-bond donors (Lipinski definition) is 0. The highest BCUT2D eigenvalue weighted by Gasteiger charge is 2.33. The van der Waals surface area contributed by atoms with E-state index in [1.807, 2.05) is 0 Å². The third kappa shape index (κ3) is 2.39. The zero-order valence-electron chi connectivity index (χ0n) is 9.27. The van der Waals surface area contributed by atoms with Crippen molar-refractivity contribution < 1.29 is 18.0 Å². The topological polar surface area (TPSA) is 47.8 Å². The predicted octanol–water partition coefficient (Wildman–Crippen LogP) is 2.49. The molecule has 2 heterocycles. The van der Waals surface area contributed by atoms with Gasteiger partial charge >= 0.3 is 6.18 Å². The molecule has 2 aromatic heterocycles. The van der Waals surface area contributed by atoms with Gasteiger partial charge in [-0.25, -0.2) is 9.67 Å². The van der Waals surface area contributed by atoms with Crippen molar-refractivity contribution in [2.75, 3.05) is 0 Å². The van der Waals surface area contributed by atoms with E-state index in [2.05, 4.69) is 10.1 Å². The molecule has 0 aromatic carbocycles. The molecule has 0 aliphatic carbocycles. The first-order valence-electron chi connectivity index (χ1n) is 4.98. The third-order valence-corrected chi connectivity index (χ3v) is 2.27. The first kappa shape index (κ1) is 12.3. The van der Waals surface area contributed by atoms with Crippen molar-refractivity contribution in [2.45, 2.75) is 13.1 Å². The minimum Gasteiger partial charge on any atom is -0.294 e. The second kappa shape index (κ2) is 4.25. The van der Waals surface area contributed by atoms with Crippen molar-refractivity contribution in [1.29, 1.82) is 0 Å². The summed E-state index contributed by atoms with van der Waals surface area (Å²) < 4.78 is 38.0. The van der Waals surface area contributed by atoms with E-state index in [-0.39, 0.29) is 11.6 Å². The lowest BCUT2D eigenvalue weighted by Gasteiger charge is -2.02. The van der Waals surface area contributed by atoms with E-state index in [0.29, 0.717) is 5.56 Å². The van der Waals surface area contributed by atoms with Gasteiger partial charge in [0.15, 0.2) is 17.3 Å². The van der Waals surface area contributed by atoms with E-state index in [4.69, 9.17) is 0 Å². The first-order valence-corrected chi connectivity index (χ1v) is 4.98. The summed E-state index contributed by atoms with van der Waals surface area (Å²) in [4.78, 5) is 14.9. The minimum atomic E-state index is -4.48. The number of rotatable bonds is 2. The van der Waals surface area contributed by atoms with Crippen molar-refractivity contribution in [2.24, 2.45) is 0 Å². The average Bonchev–Trinajstić information content (AvgIpc) is 2.78. The molecule has 0 unspecified atom stereocenters. The molecule has 0 atom stereocenters. The number of alkyl halides is 3. The van der Waals surface area contributed by atoms with Crippen molar-refractivity contribution in [1.82, 2.24) is 14.8 Å². The highest BCUT2D eigenvalue weighted by atomic mass is 19.4. The van der Waals surface area contributed by atoms with Crippen molar-refractivity contribution in [3.63, 3.8) is 0 Å². The molecule has 0 N–H and O–H groups in total. The van der Waals surface area contributed by atoms with Gasteiger partial charge < -0.3 is 0 Å². The van der Waals surface area contributed by atoms with Gasteiger partial charge in [-0.15, -0.1) is 0 Å². The van der Waals surface area contributed by atoms with Crippen LogP contribution in [-0.4, -0.2) is 20.5 Å². The largest absolute Gasteiger partial charge is 0.435 e. The standard InChI is InChI=1S/C11H8F3N3O/c1-7(18)8-2-3-10(15-6-8)17-5-4-9(16-17)11(12,13)14/h2-6H,1H3. The van der Waals surface area contributed by atoms with Gasteiger partial charge in [0.1, 0.15) is 0 Å². The highest BCUT2D eigenvalue weighted by molar-refractivity contribution is 5.93. The summed E-state index contributed by atoms with van der Waals surface area (Å²) in [6.45, 7) is 1.38. The number of carbonyl (C=O) groups is 1. The van der Waals surface area contributed by atoms with Crippen LogP contribution >= 0.6 is 0 Å². The summed E-state index contributed by atoms with van der Waals surface area (Å²) in [5, 5.41) is 3.37. The van der Waals surface area contributed by atoms with Gasteiger partial charge in [0.25, 0.3) is 0 Å². The van der Waals surface area contributed by atoms with Gasteiger partial charge in [-0.2, -0.15) is 18.3 Å². The second-order valence-electron chi connectivity index (χ2n) is 3.60. The van der Waals surface area contributed by atoms with Crippen LogP contribution in [0.5, 0.6) is 0 Å². The molecule has 0 bridgehead atoms. The normalized spacial score (nSPS) is 11.6. The molecule has 0 radical (unpaired) electrons. The zero-order chi connectivity index (χ0) is 13.3. The SMILES string of the molecule is CC(=O)c1ccc(-n2ccc(C(F)(F)F)n2)nc1. The summed E-state index contributed by atoms with van der Waals surface area (Å²) in [5.41, 5.74) is -0.595. The highest BCUT2D eigenvalue weighted by Crippen LogP contribution is 2.27. The molecular weight excluding hydrogens is 247 g/mol.